The van der Waals surface area contributed by atoms with Gasteiger partial charge in [-0.25, -0.2) is 9.59 Å². The van der Waals surface area contributed by atoms with Gasteiger partial charge in [-0.15, -0.1) is 0 Å². The van der Waals surface area contributed by atoms with Gasteiger partial charge in [0.15, 0.2) is 0 Å². The summed E-state index contributed by atoms with van der Waals surface area (Å²) in [4.78, 5) is 34.1. The Bertz CT molecular complexity index is 1150. The van der Waals surface area contributed by atoms with E-state index in [2.05, 4.69) is 11.4 Å². The number of methoxy groups -OCH3 is 1. The van der Waals surface area contributed by atoms with Crippen LogP contribution in [0.25, 0.3) is 10.9 Å². The van der Waals surface area contributed by atoms with Crippen LogP contribution in [0.4, 0.5) is 9.59 Å². The molecule has 0 spiro atoms. The van der Waals surface area contributed by atoms with E-state index in [9.17, 15) is 9.59 Å². The van der Waals surface area contributed by atoms with Crippen molar-refractivity contribution in [1.29, 1.82) is 0 Å². The third-order valence-corrected chi connectivity index (χ3v) is 7.57. The van der Waals surface area contributed by atoms with E-state index in [0.29, 0.717) is 19.6 Å². The molecule has 2 amide bonds. The molecule has 1 atom stereocenters. The Morgan fingerprint density at radius 2 is 1.84 bits per heavy atom. The molecule has 0 saturated carbocycles. The lowest BCUT2D eigenvalue weighted by molar-refractivity contribution is 0.0204. The van der Waals surface area contributed by atoms with E-state index in [0.717, 1.165) is 66.7 Å². The molecule has 0 bridgehead atoms. The Morgan fingerprint density at radius 1 is 1.11 bits per heavy atom. The van der Waals surface area contributed by atoms with Crippen molar-refractivity contribution in [2.45, 2.75) is 70.1 Å². The Morgan fingerprint density at radius 3 is 2.51 bits per heavy atom. The Hall–Kier alpha value is -3.07. The van der Waals surface area contributed by atoms with Gasteiger partial charge >= 0.3 is 12.2 Å². The van der Waals surface area contributed by atoms with Crippen LogP contribution in [0.15, 0.2) is 24.3 Å². The molecule has 3 aliphatic rings. The summed E-state index contributed by atoms with van der Waals surface area (Å²) in [7, 11) is 1.65. The van der Waals surface area contributed by atoms with Crippen molar-refractivity contribution in [2.24, 2.45) is 0 Å². The molecule has 1 aromatic carbocycles. The summed E-state index contributed by atoms with van der Waals surface area (Å²) in [6.07, 6.45) is 2.62. The Labute approximate surface area is 218 Å². The van der Waals surface area contributed by atoms with Crippen LogP contribution in [0.3, 0.4) is 0 Å². The standard InChI is InChI=1S/C28H38N4O5/c1-28(2,3)37-26(33)31-13-9-18(10-14-31)24-16-22(21-15-20(35-4)5-6-23(21)30-24)25-17-32(27(34)36-25)19-7-11-29-12-8-19/h5-6,15-16,18-19,25,29H,7-14,17H2,1-4H3/t25-/m1/s1. The number of carbonyl (C=O) groups is 2. The van der Waals surface area contributed by atoms with Crippen molar-refractivity contribution in [3.63, 3.8) is 0 Å². The van der Waals surface area contributed by atoms with Gasteiger partial charge in [-0.1, -0.05) is 0 Å². The van der Waals surface area contributed by atoms with Gasteiger partial charge in [0.05, 0.1) is 19.2 Å². The largest absolute Gasteiger partial charge is 0.497 e. The first-order valence-corrected chi connectivity index (χ1v) is 13.4. The molecule has 4 heterocycles. The predicted molar refractivity (Wildman–Crippen MR) is 140 cm³/mol. The molecule has 3 aliphatic heterocycles. The normalized spacial score (nSPS) is 21.8. The fraction of sp³-hybridized carbons (Fsp3) is 0.607. The van der Waals surface area contributed by atoms with Crippen LogP contribution in [0, 0.1) is 0 Å². The Kier molecular flexibility index (Phi) is 7.16. The molecule has 37 heavy (non-hydrogen) atoms. The summed E-state index contributed by atoms with van der Waals surface area (Å²) in [6.45, 7) is 9.27. The maximum absolute atomic E-state index is 12.9. The monoisotopic (exact) mass is 510 g/mol. The minimum absolute atomic E-state index is 0.207. The highest BCUT2D eigenvalue weighted by Crippen LogP contribution is 2.38. The van der Waals surface area contributed by atoms with Gasteiger partial charge in [-0.2, -0.15) is 0 Å². The molecule has 5 rings (SSSR count). The van der Waals surface area contributed by atoms with Gasteiger partial charge < -0.3 is 29.3 Å². The van der Waals surface area contributed by atoms with E-state index in [1.54, 1.807) is 12.0 Å². The number of aromatic nitrogens is 1. The first-order valence-electron chi connectivity index (χ1n) is 13.4. The molecule has 9 nitrogen and oxygen atoms in total. The van der Waals surface area contributed by atoms with E-state index >= 15 is 0 Å². The van der Waals surface area contributed by atoms with Gasteiger partial charge in [0, 0.05) is 41.7 Å². The highest BCUT2D eigenvalue weighted by molar-refractivity contribution is 5.85. The molecule has 0 radical (unpaired) electrons. The van der Waals surface area contributed by atoms with Gasteiger partial charge in [0.25, 0.3) is 0 Å². The first kappa shape index (κ1) is 25.6. The average Bonchev–Trinajstić information content (AvgIpc) is 3.28. The fourth-order valence-electron chi connectivity index (χ4n) is 5.60. The Balaban J connectivity index is 1.39. The van der Waals surface area contributed by atoms with Crippen molar-refractivity contribution in [3.05, 3.63) is 35.5 Å². The van der Waals surface area contributed by atoms with Crippen molar-refractivity contribution in [1.82, 2.24) is 20.1 Å². The number of nitrogens with one attached hydrogen (secondary N) is 1. The molecular formula is C28H38N4O5. The molecular weight excluding hydrogens is 472 g/mol. The second kappa shape index (κ2) is 10.4. The van der Waals surface area contributed by atoms with Gasteiger partial charge in [0.2, 0.25) is 0 Å². The molecule has 0 aliphatic carbocycles. The number of ether oxygens (including phenoxy) is 3. The van der Waals surface area contributed by atoms with Crippen LogP contribution in [0.1, 0.15) is 69.7 Å². The maximum Gasteiger partial charge on any atom is 0.410 e. The van der Waals surface area contributed by atoms with Gasteiger partial charge in [-0.3, -0.25) is 4.98 Å². The summed E-state index contributed by atoms with van der Waals surface area (Å²) < 4.78 is 17.0. The van der Waals surface area contributed by atoms with Crippen LogP contribution in [-0.2, 0) is 9.47 Å². The number of cyclic esters (lactones) is 1. The van der Waals surface area contributed by atoms with Gasteiger partial charge in [-0.05, 0) is 83.8 Å². The van der Waals surface area contributed by atoms with Crippen molar-refractivity contribution in [3.8, 4) is 5.75 Å². The molecule has 0 unspecified atom stereocenters. The number of hydrogen-bond acceptors (Lipinski definition) is 7. The number of rotatable bonds is 4. The van der Waals surface area contributed by atoms with E-state index < -0.39 is 5.60 Å². The number of amides is 2. The number of benzene rings is 1. The SMILES string of the molecule is COc1ccc2nc(C3CCN(C(=O)OC(C)(C)C)CC3)cc([C@H]3CN(C4CCNCC4)C(=O)O3)c2c1. The maximum atomic E-state index is 12.9. The third-order valence-electron chi connectivity index (χ3n) is 7.57. The quantitative estimate of drug-likeness (QED) is 0.642. The van der Waals surface area contributed by atoms with Crippen LogP contribution in [0.5, 0.6) is 5.75 Å². The van der Waals surface area contributed by atoms with Gasteiger partial charge in [0.1, 0.15) is 17.5 Å². The van der Waals surface area contributed by atoms with Crippen LogP contribution in [0.2, 0.25) is 0 Å². The molecule has 1 aromatic heterocycles. The number of carbonyl (C=O) groups excluding carboxylic acids is 2. The van der Waals surface area contributed by atoms with Crippen molar-refractivity contribution < 1.29 is 23.8 Å². The highest BCUT2D eigenvalue weighted by atomic mass is 16.6. The summed E-state index contributed by atoms with van der Waals surface area (Å²) in [6, 6.07) is 8.18. The van der Waals surface area contributed by atoms with E-state index in [-0.39, 0.29) is 30.3 Å². The van der Waals surface area contributed by atoms with Crippen molar-refractivity contribution in [2.75, 3.05) is 39.8 Å². The topological polar surface area (TPSA) is 93.2 Å². The number of nitrogens with zero attached hydrogens (tertiary/aromatic N) is 3. The third kappa shape index (κ3) is 5.61. The van der Waals surface area contributed by atoms with E-state index in [4.69, 9.17) is 19.2 Å². The lowest BCUT2D eigenvalue weighted by atomic mass is 9.90. The summed E-state index contributed by atoms with van der Waals surface area (Å²) in [5, 5.41) is 4.31. The number of likely N-dealkylation sites (tertiary alicyclic amines) is 1. The molecule has 2 aromatic rings. The second-order valence-corrected chi connectivity index (χ2v) is 11.3. The minimum atomic E-state index is -0.509. The van der Waals surface area contributed by atoms with Crippen LogP contribution >= 0.6 is 0 Å². The first-order chi connectivity index (χ1) is 17.7. The summed E-state index contributed by atoms with van der Waals surface area (Å²) in [5.74, 6) is 0.954. The smallest absolute Gasteiger partial charge is 0.410 e. The average molecular weight is 511 g/mol. The number of fused-ring (bicyclic) bond motifs is 1. The zero-order chi connectivity index (χ0) is 26.2. The summed E-state index contributed by atoms with van der Waals surface area (Å²) in [5.41, 5.74) is 2.30. The molecule has 9 heteroatoms. The highest BCUT2D eigenvalue weighted by Gasteiger charge is 2.38. The molecule has 200 valence electrons. The lowest BCUT2D eigenvalue weighted by Crippen LogP contribution is -2.43. The molecule has 3 fully saturated rings. The van der Waals surface area contributed by atoms with Crippen LogP contribution in [-0.4, -0.2) is 78.4 Å². The summed E-state index contributed by atoms with van der Waals surface area (Å²) >= 11 is 0. The minimum Gasteiger partial charge on any atom is -0.497 e. The second-order valence-electron chi connectivity index (χ2n) is 11.3. The van der Waals surface area contributed by atoms with E-state index in [1.807, 2.05) is 43.9 Å². The predicted octanol–water partition coefficient (Wildman–Crippen LogP) is 4.60. The number of pyridine rings is 1. The molecule has 1 N–H and O–H groups in total. The zero-order valence-electron chi connectivity index (χ0n) is 22.3. The zero-order valence-corrected chi connectivity index (χ0v) is 22.3. The van der Waals surface area contributed by atoms with E-state index in [1.165, 1.54) is 0 Å². The lowest BCUT2D eigenvalue weighted by Gasteiger charge is -2.33. The van der Waals surface area contributed by atoms with Crippen molar-refractivity contribution >= 4 is 23.1 Å². The van der Waals surface area contributed by atoms with Crippen LogP contribution < -0.4 is 10.1 Å². The fourth-order valence-corrected chi connectivity index (χ4v) is 5.60. The number of hydrogen-bond donors (Lipinski definition) is 1. The molecule has 3 saturated heterocycles. The number of piperidine rings is 2.